The lowest BCUT2D eigenvalue weighted by Crippen LogP contribution is -2.21. The van der Waals surface area contributed by atoms with Crippen molar-refractivity contribution in [3.63, 3.8) is 0 Å². The minimum atomic E-state index is 0.0560. The zero-order valence-electron chi connectivity index (χ0n) is 11.9. The molecule has 0 radical (unpaired) electrons. The van der Waals surface area contributed by atoms with Crippen LogP contribution in [0.25, 0.3) is 0 Å². The first kappa shape index (κ1) is 12.2. The highest BCUT2D eigenvalue weighted by atomic mass is 15.1. The molecule has 0 aromatic heterocycles. The smallest absolute Gasteiger partial charge is 0.0450 e. The van der Waals surface area contributed by atoms with E-state index in [1.54, 1.807) is 0 Å². The highest BCUT2D eigenvalue weighted by Crippen LogP contribution is 2.47. The number of likely N-dealkylation sites (N-methyl/N-ethyl adjacent to an activating group) is 1. The lowest BCUT2D eigenvalue weighted by Gasteiger charge is -2.22. The molecule has 0 aliphatic carbocycles. The van der Waals surface area contributed by atoms with Crippen molar-refractivity contribution in [1.29, 1.82) is 0 Å². The second-order valence-electron chi connectivity index (χ2n) is 6.61. The fourth-order valence-electron chi connectivity index (χ4n) is 2.52. The van der Waals surface area contributed by atoms with E-state index in [9.17, 15) is 0 Å². The SMILES string of the molecule is C=C1N(C)c2cc(C(C)(C)C)ccc2C1(C)C. The van der Waals surface area contributed by atoms with E-state index in [2.05, 4.69) is 71.3 Å². The number of benzene rings is 1. The van der Waals surface area contributed by atoms with Crippen molar-refractivity contribution in [2.45, 2.75) is 45.4 Å². The lowest BCUT2D eigenvalue weighted by atomic mass is 9.81. The summed E-state index contributed by atoms with van der Waals surface area (Å²) in [4.78, 5) is 2.23. The Morgan fingerprint density at radius 3 is 2.29 bits per heavy atom. The van der Waals surface area contributed by atoms with Crippen molar-refractivity contribution in [3.05, 3.63) is 41.6 Å². The third kappa shape index (κ3) is 1.69. The minimum absolute atomic E-state index is 0.0560. The molecular weight excluding hydrogens is 206 g/mol. The van der Waals surface area contributed by atoms with Crippen molar-refractivity contribution in [1.82, 2.24) is 0 Å². The maximum absolute atomic E-state index is 4.22. The van der Waals surface area contributed by atoms with E-state index in [4.69, 9.17) is 0 Å². The van der Waals surface area contributed by atoms with Gasteiger partial charge in [0.15, 0.2) is 0 Å². The summed E-state index contributed by atoms with van der Waals surface area (Å²) in [6.07, 6.45) is 0. The third-order valence-electron chi connectivity index (χ3n) is 4.02. The molecule has 1 aliphatic heterocycles. The molecule has 1 aromatic carbocycles. The molecule has 2 rings (SSSR count). The number of anilines is 1. The van der Waals surface area contributed by atoms with Gasteiger partial charge in [0.05, 0.1) is 0 Å². The van der Waals surface area contributed by atoms with Crippen LogP contribution in [0, 0.1) is 0 Å². The summed E-state index contributed by atoms with van der Waals surface area (Å²) in [5, 5.41) is 0. The molecule has 1 heteroatoms. The first-order valence-corrected chi connectivity index (χ1v) is 6.24. The van der Waals surface area contributed by atoms with E-state index < -0.39 is 0 Å². The highest BCUT2D eigenvalue weighted by molar-refractivity contribution is 5.70. The van der Waals surface area contributed by atoms with E-state index in [0.29, 0.717) is 0 Å². The van der Waals surface area contributed by atoms with Crippen LogP contribution >= 0.6 is 0 Å². The quantitative estimate of drug-likeness (QED) is 0.643. The second kappa shape index (κ2) is 3.38. The molecule has 0 saturated carbocycles. The molecule has 1 aromatic rings. The Morgan fingerprint density at radius 2 is 1.76 bits per heavy atom. The van der Waals surface area contributed by atoms with Crippen LogP contribution in [0.4, 0.5) is 5.69 Å². The van der Waals surface area contributed by atoms with Gasteiger partial charge in [-0.25, -0.2) is 0 Å². The number of hydrogen-bond donors (Lipinski definition) is 0. The Bertz CT molecular complexity index is 475. The fourth-order valence-corrected chi connectivity index (χ4v) is 2.52. The first-order valence-electron chi connectivity index (χ1n) is 6.24. The molecule has 0 unspecified atom stereocenters. The average Bonchev–Trinajstić information content (AvgIpc) is 2.39. The summed E-state index contributed by atoms with van der Waals surface area (Å²) in [5.74, 6) is 0. The largest absolute Gasteiger partial charge is 0.348 e. The summed E-state index contributed by atoms with van der Waals surface area (Å²) < 4.78 is 0. The Morgan fingerprint density at radius 1 is 1.18 bits per heavy atom. The zero-order chi connectivity index (χ0) is 13.0. The first-order chi connectivity index (χ1) is 7.65. The number of nitrogens with zero attached hydrogens (tertiary/aromatic N) is 1. The Kier molecular flexibility index (Phi) is 2.43. The lowest BCUT2D eigenvalue weighted by molar-refractivity contribution is 0.589. The van der Waals surface area contributed by atoms with Crippen LogP contribution in [0.5, 0.6) is 0 Å². The van der Waals surface area contributed by atoms with Gasteiger partial charge >= 0.3 is 0 Å². The maximum atomic E-state index is 4.22. The molecule has 0 bridgehead atoms. The minimum Gasteiger partial charge on any atom is -0.348 e. The molecule has 1 nitrogen and oxygen atoms in total. The molecule has 0 amide bonds. The van der Waals surface area contributed by atoms with Crippen LogP contribution in [0.2, 0.25) is 0 Å². The van der Waals surface area contributed by atoms with Gasteiger partial charge in [0, 0.05) is 23.8 Å². The standard InChI is InChI=1S/C16H23N/c1-11-16(5,6)13-9-8-12(15(2,3)4)10-14(13)17(11)7/h8-10H,1H2,2-7H3. The molecule has 1 aliphatic rings. The number of allylic oxidation sites excluding steroid dienone is 1. The van der Waals surface area contributed by atoms with Crippen LogP contribution in [-0.4, -0.2) is 7.05 Å². The van der Waals surface area contributed by atoms with Crippen molar-refractivity contribution >= 4 is 5.69 Å². The van der Waals surface area contributed by atoms with E-state index in [0.717, 1.165) is 0 Å². The Hall–Kier alpha value is -1.24. The van der Waals surface area contributed by atoms with E-state index in [-0.39, 0.29) is 10.8 Å². The van der Waals surface area contributed by atoms with Gasteiger partial charge in [0.2, 0.25) is 0 Å². The molecule has 92 valence electrons. The van der Waals surface area contributed by atoms with Crippen LogP contribution in [0.3, 0.4) is 0 Å². The van der Waals surface area contributed by atoms with E-state index in [1.807, 2.05) is 0 Å². The molecular formula is C16H23N. The molecule has 0 atom stereocenters. The van der Waals surface area contributed by atoms with Gasteiger partial charge in [0.1, 0.15) is 0 Å². The van der Waals surface area contributed by atoms with Crippen molar-refractivity contribution in [2.24, 2.45) is 0 Å². The summed E-state index contributed by atoms with van der Waals surface area (Å²) in [7, 11) is 2.11. The summed E-state index contributed by atoms with van der Waals surface area (Å²) >= 11 is 0. The van der Waals surface area contributed by atoms with Crippen molar-refractivity contribution in [2.75, 3.05) is 11.9 Å². The van der Waals surface area contributed by atoms with Gasteiger partial charge in [-0.1, -0.05) is 53.3 Å². The van der Waals surface area contributed by atoms with Gasteiger partial charge in [-0.05, 0) is 22.6 Å². The second-order valence-corrected chi connectivity index (χ2v) is 6.61. The average molecular weight is 229 g/mol. The van der Waals surface area contributed by atoms with Crippen molar-refractivity contribution in [3.8, 4) is 0 Å². The number of fused-ring (bicyclic) bond motifs is 1. The molecule has 0 fully saturated rings. The number of hydrogen-bond acceptors (Lipinski definition) is 1. The van der Waals surface area contributed by atoms with Gasteiger partial charge in [-0.15, -0.1) is 0 Å². The Balaban J connectivity index is 2.61. The summed E-state index contributed by atoms with van der Waals surface area (Å²) in [5.41, 5.74) is 5.52. The zero-order valence-corrected chi connectivity index (χ0v) is 11.9. The molecule has 0 spiro atoms. The van der Waals surface area contributed by atoms with E-state index >= 15 is 0 Å². The van der Waals surface area contributed by atoms with Gasteiger partial charge in [-0.2, -0.15) is 0 Å². The maximum Gasteiger partial charge on any atom is 0.0450 e. The third-order valence-corrected chi connectivity index (χ3v) is 4.02. The van der Waals surface area contributed by atoms with Gasteiger partial charge in [0.25, 0.3) is 0 Å². The monoisotopic (exact) mass is 229 g/mol. The molecule has 0 saturated heterocycles. The van der Waals surface area contributed by atoms with Crippen molar-refractivity contribution < 1.29 is 0 Å². The van der Waals surface area contributed by atoms with Gasteiger partial charge < -0.3 is 4.90 Å². The van der Waals surface area contributed by atoms with Crippen LogP contribution < -0.4 is 4.90 Å². The van der Waals surface area contributed by atoms with Crippen LogP contribution in [0.15, 0.2) is 30.5 Å². The predicted molar refractivity (Wildman–Crippen MR) is 75.7 cm³/mol. The molecule has 1 heterocycles. The topological polar surface area (TPSA) is 3.24 Å². The summed E-state index contributed by atoms with van der Waals surface area (Å²) in [6.45, 7) is 15.5. The molecule has 0 N–H and O–H groups in total. The molecule has 17 heavy (non-hydrogen) atoms. The predicted octanol–water partition coefficient (Wildman–Crippen LogP) is 4.23. The van der Waals surface area contributed by atoms with E-state index in [1.165, 1.54) is 22.5 Å². The number of rotatable bonds is 0. The fraction of sp³-hybridized carbons (Fsp3) is 0.500. The highest BCUT2D eigenvalue weighted by Gasteiger charge is 2.37. The Labute approximate surface area is 105 Å². The normalized spacial score (nSPS) is 18.5. The van der Waals surface area contributed by atoms with Gasteiger partial charge in [-0.3, -0.25) is 0 Å². The summed E-state index contributed by atoms with van der Waals surface area (Å²) in [6, 6.07) is 6.84. The van der Waals surface area contributed by atoms with Crippen LogP contribution in [-0.2, 0) is 10.8 Å². The van der Waals surface area contributed by atoms with Crippen LogP contribution in [0.1, 0.15) is 45.7 Å².